The summed E-state index contributed by atoms with van der Waals surface area (Å²) >= 11 is 0. The number of hydrogen-bond donors (Lipinski definition) is 2. The summed E-state index contributed by atoms with van der Waals surface area (Å²) in [6, 6.07) is 6.58. The molecule has 5 nitrogen and oxygen atoms in total. The Balaban J connectivity index is 2.47. The van der Waals surface area contributed by atoms with E-state index in [4.69, 9.17) is 16.3 Å². The zero-order chi connectivity index (χ0) is 15.0. The van der Waals surface area contributed by atoms with E-state index < -0.39 is 5.97 Å². The molecule has 0 radical (unpaired) electrons. The van der Waals surface area contributed by atoms with E-state index >= 15 is 0 Å². The summed E-state index contributed by atoms with van der Waals surface area (Å²) < 4.78 is 5.20. The first kappa shape index (κ1) is 15.6. The van der Waals surface area contributed by atoms with Crippen LogP contribution in [0.25, 0.3) is 0 Å². The van der Waals surface area contributed by atoms with Crippen molar-refractivity contribution in [2.45, 2.75) is 13.3 Å². The summed E-state index contributed by atoms with van der Waals surface area (Å²) in [7, 11) is 0. The van der Waals surface area contributed by atoms with Crippen molar-refractivity contribution < 1.29 is 19.4 Å². The molecular formula is C15H17NO4. The summed E-state index contributed by atoms with van der Waals surface area (Å²) in [5.41, 5.74) is 0.487. The molecule has 0 fully saturated rings. The van der Waals surface area contributed by atoms with Gasteiger partial charge in [0, 0.05) is 18.5 Å². The smallest absolute Gasteiger partial charge is 0.303 e. The van der Waals surface area contributed by atoms with Crippen molar-refractivity contribution in [3.8, 4) is 18.1 Å². The number of amides is 1. The molecule has 2 N–H and O–H groups in total. The van der Waals surface area contributed by atoms with E-state index in [1.807, 2.05) is 0 Å². The van der Waals surface area contributed by atoms with Crippen LogP contribution in [0.1, 0.15) is 23.7 Å². The molecule has 0 saturated carbocycles. The topological polar surface area (TPSA) is 75.6 Å². The minimum Gasteiger partial charge on any atom is -0.481 e. The lowest BCUT2D eigenvalue weighted by Crippen LogP contribution is -2.29. The largest absolute Gasteiger partial charge is 0.481 e. The van der Waals surface area contributed by atoms with Gasteiger partial charge in [-0.05, 0) is 30.2 Å². The summed E-state index contributed by atoms with van der Waals surface area (Å²) in [5, 5.41) is 11.3. The molecular weight excluding hydrogens is 258 g/mol. The van der Waals surface area contributed by atoms with Gasteiger partial charge in [0.25, 0.3) is 5.91 Å². The highest BCUT2D eigenvalue weighted by Gasteiger charge is 2.10. The second-order valence-corrected chi connectivity index (χ2v) is 4.43. The van der Waals surface area contributed by atoms with Gasteiger partial charge in [0.2, 0.25) is 0 Å². The lowest BCUT2D eigenvalue weighted by atomic mass is 10.1. The fourth-order valence-electron chi connectivity index (χ4n) is 1.57. The highest BCUT2D eigenvalue weighted by molar-refractivity contribution is 5.94. The van der Waals surface area contributed by atoms with E-state index in [0.29, 0.717) is 17.9 Å². The van der Waals surface area contributed by atoms with E-state index in [0.717, 1.165) is 0 Å². The Hall–Kier alpha value is -2.48. The maximum atomic E-state index is 11.8. The van der Waals surface area contributed by atoms with Crippen molar-refractivity contribution in [2.75, 3.05) is 13.2 Å². The van der Waals surface area contributed by atoms with Gasteiger partial charge in [-0.15, -0.1) is 6.42 Å². The molecule has 0 heterocycles. The summed E-state index contributed by atoms with van der Waals surface area (Å²) in [6.45, 7) is 2.27. The molecule has 106 valence electrons. The van der Waals surface area contributed by atoms with Crippen molar-refractivity contribution in [3.63, 3.8) is 0 Å². The summed E-state index contributed by atoms with van der Waals surface area (Å²) in [5.74, 6) is 1.71. The number of carbonyl (C=O) groups excluding carboxylic acids is 1. The standard InChI is InChI=1S/C15H17NO4/c1-3-8-20-13-6-4-12(5-7-13)15(19)16-10-11(2)9-14(17)18/h1,4-7,11H,8-10H2,2H3,(H,16,19)(H,17,18). The number of nitrogens with one attached hydrogen (secondary N) is 1. The molecule has 0 aliphatic heterocycles. The Morgan fingerprint density at radius 3 is 2.60 bits per heavy atom. The van der Waals surface area contributed by atoms with Gasteiger partial charge >= 0.3 is 5.97 Å². The molecule has 1 aromatic rings. The number of ether oxygens (including phenoxy) is 1. The zero-order valence-corrected chi connectivity index (χ0v) is 11.3. The number of terminal acetylenes is 1. The van der Waals surface area contributed by atoms with Gasteiger partial charge in [-0.2, -0.15) is 0 Å². The van der Waals surface area contributed by atoms with Gasteiger partial charge in [0.05, 0.1) is 0 Å². The number of aliphatic carboxylic acids is 1. The van der Waals surface area contributed by atoms with Crippen molar-refractivity contribution in [3.05, 3.63) is 29.8 Å². The number of carboxylic acid groups (broad SMARTS) is 1. The summed E-state index contributed by atoms with van der Waals surface area (Å²) in [6.07, 6.45) is 5.10. The summed E-state index contributed by atoms with van der Waals surface area (Å²) in [4.78, 5) is 22.3. The quantitative estimate of drug-likeness (QED) is 0.740. The Morgan fingerprint density at radius 2 is 2.05 bits per heavy atom. The molecule has 0 bridgehead atoms. The Morgan fingerprint density at radius 1 is 1.40 bits per heavy atom. The lowest BCUT2D eigenvalue weighted by molar-refractivity contribution is -0.137. The Labute approximate surface area is 117 Å². The SMILES string of the molecule is C#CCOc1ccc(C(=O)NCC(C)CC(=O)O)cc1. The van der Waals surface area contributed by atoms with E-state index in [1.54, 1.807) is 31.2 Å². The normalized spacial score (nSPS) is 11.2. The number of carbonyl (C=O) groups is 2. The predicted molar refractivity (Wildman–Crippen MR) is 74.5 cm³/mol. The Kier molecular flexibility index (Phi) is 6.11. The number of benzene rings is 1. The Bertz CT molecular complexity index is 502. The van der Waals surface area contributed by atoms with Crippen LogP contribution >= 0.6 is 0 Å². The average Bonchev–Trinajstić information content (AvgIpc) is 2.42. The second-order valence-electron chi connectivity index (χ2n) is 4.43. The molecule has 1 rings (SSSR count). The monoisotopic (exact) mass is 275 g/mol. The van der Waals surface area contributed by atoms with Gasteiger partial charge in [0.1, 0.15) is 12.4 Å². The van der Waals surface area contributed by atoms with Crippen molar-refractivity contribution in [2.24, 2.45) is 5.92 Å². The first-order valence-electron chi connectivity index (χ1n) is 6.19. The van der Waals surface area contributed by atoms with Crippen LogP contribution in [0.4, 0.5) is 0 Å². The minimum absolute atomic E-state index is 0.0269. The third kappa shape index (κ3) is 5.44. The van der Waals surface area contributed by atoms with Gasteiger partial charge in [-0.1, -0.05) is 12.8 Å². The fourth-order valence-corrected chi connectivity index (χ4v) is 1.57. The van der Waals surface area contributed by atoms with Gasteiger partial charge in [-0.25, -0.2) is 0 Å². The molecule has 1 amide bonds. The fraction of sp³-hybridized carbons (Fsp3) is 0.333. The van der Waals surface area contributed by atoms with Crippen LogP contribution in [0.2, 0.25) is 0 Å². The second kappa shape index (κ2) is 7.85. The number of rotatable bonds is 7. The molecule has 0 saturated heterocycles. The van der Waals surface area contributed by atoms with E-state index in [1.165, 1.54) is 0 Å². The molecule has 0 aromatic heterocycles. The molecule has 0 aliphatic carbocycles. The highest BCUT2D eigenvalue weighted by atomic mass is 16.5. The molecule has 1 unspecified atom stereocenters. The van der Waals surface area contributed by atoms with Crippen LogP contribution in [0, 0.1) is 18.3 Å². The van der Waals surface area contributed by atoms with Gasteiger partial charge in [0.15, 0.2) is 0 Å². The van der Waals surface area contributed by atoms with Crippen molar-refractivity contribution >= 4 is 11.9 Å². The lowest BCUT2D eigenvalue weighted by Gasteiger charge is -2.10. The average molecular weight is 275 g/mol. The van der Waals surface area contributed by atoms with Crippen LogP contribution in [0.15, 0.2) is 24.3 Å². The third-order valence-corrected chi connectivity index (χ3v) is 2.57. The van der Waals surface area contributed by atoms with E-state index in [2.05, 4.69) is 11.2 Å². The number of carboxylic acids is 1. The molecule has 0 spiro atoms. The van der Waals surface area contributed by atoms with Crippen LogP contribution in [0.5, 0.6) is 5.75 Å². The van der Waals surface area contributed by atoms with Crippen molar-refractivity contribution in [1.82, 2.24) is 5.32 Å². The van der Waals surface area contributed by atoms with Crippen LogP contribution in [0.3, 0.4) is 0 Å². The molecule has 0 aliphatic rings. The first-order valence-corrected chi connectivity index (χ1v) is 6.19. The third-order valence-electron chi connectivity index (χ3n) is 2.57. The number of hydrogen-bond acceptors (Lipinski definition) is 3. The molecule has 1 aromatic carbocycles. The van der Waals surface area contributed by atoms with Crippen LogP contribution in [-0.4, -0.2) is 30.1 Å². The van der Waals surface area contributed by atoms with Gasteiger partial charge in [-0.3, -0.25) is 9.59 Å². The van der Waals surface area contributed by atoms with E-state index in [9.17, 15) is 9.59 Å². The van der Waals surface area contributed by atoms with Crippen molar-refractivity contribution in [1.29, 1.82) is 0 Å². The van der Waals surface area contributed by atoms with Gasteiger partial charge < -0.3 is 15.2 Å². The molecule has 20 heavy (non-hydrogen) atoms. The minimum atomic E-state index is -0.873. The maximum Gasteiger partial charge on any atom is 0.303 e. The predicted octanol–water partition coefficient (Wildman–Crippen LogP) is 1.54. The highest BCUT2D eigenvalue weighted by Crippen LogP contribution is 2.12. The van der Waals surface area contributed by atoms with Crippen LogP contribution in [-0.2, 0) is 4.79 Å². The zero-order valence-electron chi connectivity index (χ0n) is 11.3. The van der Waals surface area contributed by atoms with Crippen LogP contribution < -0.4 is 10.1 Å². The molecule has 1 atom stereocenters. The molecule has 5 heteroatoms. The maximum absolute atomic E-state index is 11.8. The van der Waals surface area contributed by atoms with E-state index in [-0.39, 0.29) is 24.9 Å². The first-order chi connectivity index (χ1) is 9.52.